The number of benzene rings is 1. The Morgan fingerprint density at radius 2 is 1.91 bits per heavy atom. The zero-order chi connectivity index (χ0) is 37.8. The molecule has 0 spiro atoms. The molecule has 3 fully saturated rings. The number of cyclic esters (lactones) is 1. The van der Waals surface area contributed by atoms with Crippen molar-refractivity contribution in [2.75, 3.05) is 20.3 Å². The van der Waals surface area contributed by atoms with E-state index in [0.29, 0.717) is 38.6 Å². The Hall–Kier alpha value is -3.12. The number of thiazole rings is 1. The number of aromatic nitrogens is 3. The molecule has 3 atom stereocenters. The van der Waals surface area contributed by atoms with Gasteiger partial charge in [0, 0.05) is 65.6 Å². The number of ether oxygens (including phenoxy) is 3. The van der Waals surface area contributed by atoms with Crippen molar-refractivity contribution >= 4 is 80.5 Å². The van der Waals surface area contributed by atoms with Crippen molar-refractivity contribution in [3.63, 3.8) is 0 Å². The predicted molar refractivity (Wildman–Crippen MR) is 237 cm³/mol. The largest absolute Gasteiger partial charge is 0.464 e. The Labute approximate surface area is 359 Å². The Morgan fingerprint density at radius 3 is 2.61 bits per heavy atom. The quantitative estimate of drug-likeness (QED) is 0.216. The first-order chi connectivity index (χ1) is 26.0. The summed E-state index contributed by atoms with van der Waals surface area (Å²) in [6, 6.07) is 8.95. The number of nitrogens with one attached hydrogen (secondary N) is 2. The summed E-state index contributed by atoms with van der Waals surface area (Å²) >= 11 is 1.48. The number of carbonyl (C=O) groups is 3. The van der Waals surface area contributed by atoms with Gasteiger partial charge in [0.15, 0.2) is 0 Å². The molecule has 8 bridgehead atoms. The number of hydrogen-bond acceptors (Lipinski definition) is 10. The summed E-state index contributed by atoms with van der Waals surface area (Å²) in [5.74, 6) is -0.954. The van der Waals surface area contributed by atoms with Gasteiger partial charge in [-0.15, -0.1) is 11.3 Å². The van der Waals surface area contributed by atoms with Gasteiger partial charge in [0.2, 0.25) is 0 Å². The maximum atomic E-state index is 14.3. The first kappa shape index (κ1) is 45.0. The molecule has 1 aromatic carbocycles. The van der Waals surface area contributed by atoms with Crippen LogP contribution >= 0.6 is 51.8 Å². The third-order valence-corrected chi connectivity index (χ3v) is 12.6. The van der Waals surface area contributed by atoms with Crippen molar-refractivity contribution in [1.82, 2.24) is 30.3 Å². The fraction of sp³-hybridized carbons (Fsp3) is 0.537. The van der Waals surface area contributed by atoms with Crippen LogP contribution in [0.4, 0.5) is 0 Å². The molecule has 8 rings (SSSR count). The number of nitrogens with zero attached hydrogens (tertiary/aromatic N) is 4. The zero-order valence-corrected chi connectivity index (χ0v) is 37.1. The smallest absolute Gasteiger partial charge is 0.324 e. The molecular weight excluding hydrogens is 801 g/mol. The van der Waals surface area contributed by atoms with E-state index in [2.05, 4.69) is 60.3 Å². The molecule has 0 aliphatic carbocycles. The third-order valence-electron chi connectivity index (χ3n) is 11.7. The average molecular weight is 857 g/mol. The van der Waals surface area contributed by atoms with E-state index in [4.69, 9.17) is 24.2 Å². The fourth-order valence-electron chi connectivity index (χ4n) is 8.75. The van der Waals surface area contributed by atoms with E-state index in [-0.39, 0.29) is 77.5 Å². The molecule has 7 heterocycles. The maximum Gasteiger partial charge on any atom is 0.324 e. The molecule has 2 amide bonds. The molecule has 0 radical (unpaired) electrons. The lowest BCUT2D eigenvalue weighted by Gasteiger charge is -2.36. The lowest BCUT2D eigenvalue weighted by atomic mass is 9.84. The first-order valence-corrected chi connectivity index (χ1v) is 20.2. The number of amides is 2. The van der Waals surface area contributed by atoms with Crippen LogP contribution in [-0.2, 0) is 48.0 Å². The van der Waals surface area contributed by atoms with Crippen molar-refractivity contribution in [2.24, 2.45) is 5.41 Å². The molecule has 2 N–H and O–H groups in total. The molecule has 0 saturated carbocycles. The Bertz CT molecular complexity index is 2100. The number of methoxy groups -OCH3 is 1. The van der Waals surface area contributed by atoms with Gasteiger partial charge in [-0.05, 0) is 88.6 Å². The van der Waals surface area contributed by atoms with Crippen LogP contribution in [-0.4, -0.2) is 81.4 Å². The molecule has 12 nitrogen and oxygen atoms in total. The summed E-state index contributed by atoms with van der Waals surface area (Å²) < 4.78 is 20.3. The van der Waals surface area contributed by atoms with E-state index in [1.54, 1.807) is 13.3 Å². The van der Waals surface area contributed by atoms with Crippen LogP contribution in [0.5, 0.6) is 0 Å². The Morgan fingerprint density at radius 1 is 1.14 bits per heavy atom. The third kappa shape index (κ3) is 8.64. The summed E-state index contributed by atoms with van der Waals surface area (Å²) in [7, 11) is 1.70. The van der Waals surface area contributed by atoms with Gasteiger partial charge < -0.3 is 24.1 Å². The van der Waals surface area contributed by atoms with Gasteiger partial charge in [-0.1, -0.05) is 19.9 Å². The highest BCUT2D eigenvalue weighted by molar-refractivity contribution is 7.59. The van der Waals surface area contributed by atoms with E-state index in [0.717, 1.165) is 69.1 Å². The number of rotatable bonds is 6. The molecule has 57 heavy (non-hydrogen) atoms. The van der Waals surface area contributed by atoms with Gasteiger partial charge >= 0.3 is 5.97 Å². The second-order valence-electron chi connectivity index (χ2n) is 16.0. The maximum absolute atomic E-state index is 14.3. The van der Waals surface area contributed by atoms with Crippen LogP contribution in [0.15, 0.2) is 41.9 Å². The normalized spacial score (nSPS) is 24.7. The number of aryl methyl sites for hydroxylation is 1. The highest BCUT2D eigenvalue weighted by atomic mass is 32.1. The van der Waals surface area contributed by atoms with Crippen molar-refractivity contribution in [2.45, 2.75) is 115 Å². The van der Waals surface area contributed by atoms with Crippen molar-refractivity contribution in [3.8, 4) is 22.5 Å². The molecule has 16 heteroatoms. The summed E-state index contributed by atoms with van der Waals surface area (Å²) in [4.78, 5) is 51.6. The van der Waals surface area contributed by atoms with Gasteiger partial charge in [0.1, 0.15) is 17.7 Å². The summed E-state index contributed by atoms with van der Waals surface area (Å²) in [5.41, 5.74) is 8.75. The number of esters is 1. The van der Waals surface area contributed by atoms with E-state index < -0.39 is 29.1 Å². The molecular formula is C41H56N6O6S4. The summed E-state index contributed by atoms with van der Waals surface area (Å²) in [5, 5.41) is 8.41. The number of fused-ring (bicyclic) bond motifs is 8. The average Bonchev–Trinajstić information content (AvgIpc) is 3.99. The number of hydrogen-bond donors (Lipinski definition) is 2. The number of carbonyl (C=O) groups excluding carboxylic acids is 3. The molecule has 4 aliphatic rings. The fourth-order valence-corrected chi connectivity index (χ4v) is 9.60. The lowest BCUT2D eigenvalue weighted by molar-refractivity contribution is -0.156. The molecule has 4 aliphatic heterocycles. The van der Waals surface area contributed by atoms with Crippen molar-refractivity contribution in [1.29, 1.82) is 0 Å². The first-order valence-electron chi connectivity index (χ1n) is 19.3. The molecule has 4 aromatic rings. The highest BCUT2D eigenvalue weighted by Crippen LogP contribution is 2.44. The van der Waals surface area contributed by atoms with Gasteiger partial charge in [-0.25, -0.2) is 10.4 Å². The summed E-state index contributed by atoms with van der Waals surface area (Å²) in [6.07, 6.45) is 6.66. The van der Waals surface area contributed by atoms with Crippen LogP contribution in [0.1, 0.15) is 88.6 Å². The molecule has 3 aromatic heterocycles. The van der Waals surface area contributed by atoms with Crippen molar-refractivity contribution in [3.05, 3.63) is 58.2 Å². The monoisotopic (exact) mass is 856 g/mol. The standard InChI is InChI=1S/C41H50N6O6S.3H2S/c1-6-46-33-12-11-25-19-28(33)29(36(46)27-9-7-17-42-35(27)24(2)51-5)21-40(3,4)23-52-38(49)30-10-8-18-47(45-30)37(48)31(20-34-43-32(25)22-54-34)44-39(50)41-15-13-26(53-41)14-16-41;;;/h7,9,11-12,17,19,22,24,26,30-31,45H,6,8,10,13-16,18,20-21,23H2,1-5H3,(H,44,50);3*1H2/t24-,26?,30-,31-,41?;;;/m0.../s1. The van der Waals surface area contributed by atoms with E-state index >= 15 is 0 Å². The highest BCUT2D eigenvalue weighted by Gasteiger charge is 2.52. The minimum atomic E-state index is -0.896. The van der Waals surface area contributed by atoms with Crippen molar-refractivity contribution < 1.29 is 28.6 Å². The SMILES string of the molecule is CCn1c(-c2cccnc2[C@H](C)OC)c2c3cc(ccc31)-c1csc(n1)C[C@H](NC(=O)C13CCC(CC1)O3)C(=O)N1CCC[C@H](N1)C(=O)OCC(C)(C)C2.S.S.S. The number of pyridine rings is 1. The van der Waals surface area contributed by atoms with Crippen LogP contribution in [0, 0.1) is 5.41 Å². The van der Waals surface area contributed by atoms with Gasteiger partial charge in [0.05, 0.1) is 40.9 Å². The Kier molecular flexibility index (Phi) is 14.2. The molecule has 0 unspecified atom stereocenters. The molecule has 310 valence electrons. The molecule has 3 saturated heterocycles. The predicted octanol–water partition coefficient (Wildman–Crippen LogP) is 6.25. The van der Waals surface area contributed by atoms with Crippen LogP contribution in [0.2, 0.25) is 0 Å². The second-order valence-corrected chi connectivity index (χ2v) is 17.0. The van der Waals surface area contributed by atoms with Crippen LogP contribution in [0.25, 0.3) is 33.4 Å². The van der Waals surface area contributed by atoms with E-state index in [1.165, 1.54) is 16.3 Å². The van der Waals surface area contributed by atoms with Crippen LogP contribution < -0.4 is 10.7 Å². The van der Waals surface area contributed by atoms with E-state index in [9.17, 15) is 14.4 Å². The van der Waals surface area contributed by atoms with E-state index in [1.807, 2.05) is 18.4 Å². The van der Waals surface area contributed by atoms with Gasteiger partial charge in [0.25, 0.3) is 11.8 Å². The second kappa shape index (κ2) is 18.0. The minimum absolute atomic E-state index is 0. The number of hydrazine groups is 1. The van der Waals surface area contributed by atoms with Gasteiger partial charge in [-0.3, -0.25) is 24.4 Å². The lowest BCUT2D eigenvalue weighted by Crippen LogP contribution is -2.61. The topological polar surface area (TPSA) is 137 Å². The van der Waals surface area contributed by atoms with Crippen LogP contribution in [0.3, 0.4) is 0 Å². The Balaban J connectivity index is 0.00000207. The van der Waals surface area contributed by atoms with Gasteiger partial charge in [-0.2, -0.15) is 40.5 Å². The zero-order valence-electron chi connectivity index (χ0n) is 33.3. The minimum Gasteiger partial charge on any atom is -0.464 e. The summed E-state index contributed by atoms with van der Waals surface area (Å²) in [6.45, 7) is 9.72.